The molecule has 0 aliphatic heterocycles. The van der Waals surface area contributed by atoms with Crippen molar-refractivity contribution in [1.29, 1.82) is 0 Å². The van der Waals surface area contributed by atoms with E-state index in [1.165, 1.54) is 5.56 Å². The van der Waals surface area contributed by atoms with Crippen LogP contribution in [0.2, 0.25) is 0 Å². The normalized spacial score (nSPS) is 12.3. The fourth-order valence-corrected chi connectivity index (χ4v) is 5.26. The maximum atomic E-state index is 13.5. The van der Waals surface area contributed by atoms with E-state index in [0.29, 0.717) is 16.5 Å². The molecule has 0 bridgehead atoms. The molecule has 0 aromatic heterocycles. The summed E-state index contributed by atoms with van der Waals surface area (Å²) in [5.41, 5.74) is 5.50. The summed E-state index contributed by atoms with van der Waals surface area (Å²) in [7, 11) is -3.70. The third-order valence-corrected chi connectivity index (χ3v) is 6.55. The molecule has 0 heterocycles. The smallest absolute Gasteiger partial charge is 0.262 e. The molecule has 0 aliphatic rings. The Balaban J connectivity index is 2.74. The molecule has 0 aliphatic carbocycles. The highest BCUT2D eigenvalue weighted by Gasteiger charge is 2.27. The molecule has 2 aromatic rings. The number of hydrogen-bond acceptors (Lipinski definition) is 2. The number of aryl methyl sites for hydroxylation is 2. The molecule has 0 fully saturated rings. The molecule has 2 aromatic carbocycles. The summed E-state index contributed by atoms with van der Waals surface area (Å²) in [4.78, 5) is 0.444. The molecule has 148 valence electrons. The van der Waals surface area contributed by atoms with Gasteiger partial charge in [0.2, 0.25) is 0 Å². The lowest BCUT2D eigenvalue weighted by Gasteiger charge is -2.24. The topological polar surface area (TPSA) is 46.2 Å². The Labute approximate surface area is 165 Å². The minimum atomic E-state index is -3.70. The van der Waals surface area contributed by atoms with Crippen molar-refractivity contribution in [3.05, 3.63) is 58.1 Å². The summed E-state index contributed by atoms with van der Waals surface area (Å²) in [6.07, 6.45) is 0. The summed E-state index contributed by atoms with van der Waals surface area (Å²) < 4.78 is 29.9. The Kier molecular flexibility index (Phi) is 6.41. The van der Waals surface area contributed by atoms with Crippen LogP contribution >= 0.6 is 0 Å². The van der Waals surface area contributed by atoms with Crippen molar-refractivity contribution in [3.63, 3.8) is 0 Å². The van der Waals surface area contributed by atoms with Gasteiger partial charge in [0.05, 0.1) is 10.6 Å². The van der Waals surface area contributed by atoms with Gasteiger partial charge in [-0.25, -0.2) is 8.42 Å². The first-order chi connectivity index (χ1) is 12.5. The number of benzene rings is 2. The predicted octanol–water partition coefficient (Wildman–Crippen LogP) is 6.47. The largest absolute Gasteiger partial charge is 0.279 e. The Morgan fingerprint density at radius 1 is 0.778 bits per heavy atom. The van der Waals surface area contributed by atoms with E-state index in [-0.39, 0.29) is 11.8 Å². The van der Waals surface area contributed by atoms with Crippen molar-refractivity contribution < 1.29 is 8.42 Å². The van der Waals surface area contributed by atoms with Gasteiger partial charge in [-0.2, -0.15) is 0 Å². The highest BCUT2D eigenvalue weighted by atomic mass is 32.2. The van der Waals surface area contributed by atoms with Crippen LogP contribution in [0.3, 0.4) is 0 Å². The van der Waals surface area contributed by atoms with Crippen molar-refractivity contribution in [2.45, 2.75) is 78.0 Å². The maximum absolute atomic E-state index is 13.5. The number of sulfonamides is 1. The average Bonchev–Trinajstić information content (AvgIpc) is 2.56. The van der Waals surface area contributed by atoms with Crippen LogP contribution in [0, 0.1) is 13.8 Å². The van der Waals surface area contributed by atoms with Crippen LogP contribution in [0.5, 0.6) is 0 Å². The van der Waals surface area contributed by atoms with Crippen LogP contribution in [-0.2, 0) is 10.0 Å². The van der Waals surface area contributed by atoms with E-state index in [1.807, 2.05) is 32.0 Å². The van der Waals surface area contributed by atoms with Gasteiger partial charge in [-0.3, -0.25) is 4.72 Å². The molecule has 3 nitrogen and oxygen atoms in total. The van der Waals surface area contributed by atoms with Gasteiger partial charge in [-0.1, -0.05) is 71.9 Å². The molecule has 4 heteroatoms. The Hall–Kier alpha value is -1.81. The van der Waals surface area contributed by atoms with E-state index in [4.69, 9.17) is 0 Å². The lowest BCUT2D eigenvalue weighted by molar-refractivity contribution is 0.595. The van der Waals surface area contributed by atoms with E-state index in [1.54, 1.807) is 0 Å². The highest BCUT2D eigenvalue weighted by molar-refractivity contribution is 7.92. The quantitative estimate of drug-likeness (QED) is 0.617. The van der Waals surface area contributed by atoms with Crippen molar-refractivity contribution in [2.24, 2.45) is 0 Å². The van der Waals surface area contributed by atoms with Crippen LogP contribution in [0.1, 0.15) is 87.1 Å². The minimum absolute atomic E-state index is 0.116. The molecular formula is C23H33NO2S. The minimum Gasteiger partial charge on any atom is -0.279 e. The first kappa shape index (κ1) is 21.5. The molecule has 27 heavy (non-hydrogen) atoms. The summed E-state index contributed by atoms with van der Waals surface area (Å²) in [6, 6.07) is 9.94. The van der Waals surface area contributed by atoms with Crippen LogP contribution in [0.4, 0.5) is 5.69 Å². The molecule has 0 spiro atoms. The zero-order chi connectivity index (χ0) is 20.5. The van der Waals surface area contributed by atoms with Crippen LogP contribution in [0.25, 0.3) is 0 Å². The molecule has 1 N–H and O–H groups in total. The maximum Gasteiger partial charge on any atom is 0.262 e. The Morgan fingerprint density at radius 2 is 1.22 bits per heavy atom. The SMILES string of the molecule is Cc1cccc(C)c1NS(=O)(=O)c1c(C(C)C)cc(C(C)C)cc1C(C)C. The molecule has 0 unspecified atom stereocenters. The molecule has 0 radical (unpaired) electrons. The fraction of sp³-hybridized carbons (Fsp3) is 0.478. The number of nitrogens with one attached hydrogen (secondary N) is 1. The van der Waals surface area contributed by atoms with E-state index in [0.717, 1.165) is 22.3 Å². The zero-order valence-electron chi connectivity index (χ0n) is 17.8. The van der Waals surface area contributed by atoms with Crippen molar-refractivity contribution in [2.75, 3.05) is 4.72 Å². The van der Waals surface area contributed by atoms with Gasteiger partial charge in [-0.05, 0) is 59.4 Å². The molecule has 0 saturated carbocycles. The van der Waals surface area contributed by atoms with Gasteiger partial charge in [-0.15, -0.1) is 0 Å². The zero-order valence-corrected chi connectivity index (χ0v) is 18.7. The van der Waals surface area contributed by atoms with Gasteiger partial charge in [0.15, 0.2) is 0 Å². The van der Waals surface area contributed by atoms with Crippen molar-refractivity contribution in [1.82, 2.24) is 0 Å². The van der Waals surface area contributed by atoms with Crippen molar-refractivity contribution >= 4 is 15.7 Å². The lowest BCUT2D eigenvalue weighted by Crippen LogP contribution is -2.20. The Morgan fingerprint density at radius 3 is 1.59 bits per heavy atom. The number of para-hydroxylation sites is 1. The van der Waals surface area contributed by atoms with Crippen LogP contribution < -0.4 is 4.72 Å². The van der Waals surface area contributed by atoms with E-state index >= 15 is 0 Å². The van der Waals surface area contributed by atoms with Gasteiger partial charge >= 0.3 is 0 Å². The van der Waals surface area contributed by atoms with Crippen molar-refractivity contribution in [3.8, 4) is 0 Å². The third-order valence-electron chi connectivity index (χ3n) is 5.07. The standard InChI is InChI=1S/C23H33NO2S/c1-14(2)19-12-20(15(3)4)23(21(13-19)16(5)6)27(25,26)24-22-17(7)10-9-11-18(22)8/h9-16,24H,1-8H3. The second-order valence-corrected chi connectivity index (χ2v) is 9.98. The summed E-state index contributed by atoms with van der Waals surface area (Å²) in [5.74, 6) is 0.583. The summed E-state index contributed by atoms with van der Waals surface area (Å²) in [6.45, 7) is 16.4. The average molecular weight is 388 g/mol. The highest BCUT2D eigenvalue weighted by Crippen LogP contribution is 2.36. The second-order valence-electron chi connectivity index (χ2n) is 8.36. The predicted molar refractivity (Wildman–Crippen MR) is 115 cm³/mol. The number of anilines is 1. The molecule has 0 amide bonds. The first-order valence-corrected chi connectivity index (χ1v) is 11.2. The molecule has 2 rings (SSSR count). The first-order valence-electron chi connectivity index (χ1n) is 9.72. The van der Waals surface area contributed by atoms with Gasteiger partial charge in [0.1, 0.15) is 0 Å². The van der Waals surface area contributed by atoms with Gasteiger partial charge in [0, 0.05) is 0 Å². The monoisotopic (exact) mass is 387 g/mol. The molecule has 0 atom stereocenters. The number of rotatable bonds is 6. The van der Waals surface area contributed by atoms with Gasteiger partial charge in [0.25, 0.3) is 10.0 Å². The van der Waals surface area contributed by atoms with E-state index in [9.17, 15) is 8.42 Å². The third kappa shape index (κ3) is 4.55. The second kappa shape index (κ2) is 8.05. The van der Waals surface area contributed by atoms with Gasteiger partial charge < -0.3 is 0 Å². The molecule has 0 saturated heterocycles. The summed E-state index contributed by atoms with van der Waals surface area (Å²) in [5, 5.41) is 0. The van der Waals surface area contributed by atoms with E-state index in [2.05, 4.69) is 58.4 Å². The number of hydrogen-bond donors (Lipinski definition) is 1. The summed E-state index contributed by atoms with van der Waals surface area (Å²) >= 11 is 0. The fourth-order valence-electron chi connectivity index (χ4n) is 3.36. The molecular weight excluding hydrogens is 354 g/mol. The lowest BCUT2D eigenvalue weighted by atomic mass is 9.89. The van der Waals surface area contributed by atoms with Crippen LogP contribution in [-0.4, -0.2) is 8.42 Å². The Bertz CT molecular complexity index is 876. The van der Waals surface area contributed by atoms with Crippen LogP contribution in [0.15, 0.2) is 35.2 Å². The van der Waals surface area contributed by atoms with E-state index < -0.39 is 10.0 Å².